The third-order valence-electron chi connectivity index (χ3n) is 2.82. The van der Waals surface area contributed by atoms with Crippen molar-refractivity contribution in [3.63, 3.8) is 0 Å². The molecule has 0 N–H and O–H groups in total. The Morgan fingerprint density at radius 3 is 2.84 bits per heavy atom. The first-order valence-electron chi connectivity index (χ1n) is 5.68. The van der Waals surface area contributed by atoms with Gasteiger partial charge in [0.05, 0.1) is 17.0 Å². The zero-order valence-corrected chi connectivity index (χ0v) is 9.83. The van der Waals surface area contributed by atoms with E-state index < -0.39 is 0 Å². The lowest BCUT2D eigenvalue weighted by molar-refractivity contribution is 0.605. The summed E-state index contributed by atoms with van der Waals surface area (Å²) in [7, 11) is 0. The fourth-order valence-electron chi connectivity index (χ4n) is 1.92. The van der Waals surface area contributed by atoms with E-state index in [9.17, 15) is 4.79 Å². The second kappa shape index (κ2) is 4.39. The molecule has 0 aliphatic carbocycles. The molecule has 0 saturated carbocycles. The van der Waals surface area contributed by atoms with Gasteiger partial charge in [0.1, 0.15) is 5.76 Å². The zero-order valence-electron chi connectivity index (χ0n) is 9.83. The van der Waals surface area contributed by atoms with Gasteiger partial charge in [-0.3, -0.25) is 4.79 Å². The first kappa shape index (κ1) is 11.2. The van der Waals surface area contributed by atoms with Crippen LogP contribution in [0.2, 0.25) is 0 Å². The molecule has 2 aromatic heterocycles. The Labute approximate surface area is 108 Å². The van der Waals surface area contributed by atoms with E-state index in [0.717, 1.165) is 0 Å². The van der Waals surface area contributed by atoms with Gasteiger partial charge in [-0.05, 0) is 24.3 Å². The molecule has 0 aliphatic heterocycles. The second-order valence-corrected chi connectivity index (χ2v) is 3.99. The lowest BCUT2D eigenvalue weighted by Crippen LogP contribution is -2.01. The molecule has 3 rings (SSSR count). The molecule has 0 radical (unpaired) electrons. The molecule has 0 atom stereocenters. The van der Waals surface area contributed by atoms with Gasteiger partial charge in [0.25, 0.3) is 0 Å². The van der Waals surface area contributed by atoms with E-state index in [4.69, 9.17) is 9.68 Å². The van der Waals surface area contributed by atoms with Crippen LogP contribution in [0.3, 0.4) is 0 Å². The summed E-state index contributed by atoms with van der Waals surface area (Å²) in [6.07, 6.45) is 1.56. The Hall–Kier alpha value is -2.93. The molecular weight excluding hydrogens is 240 g/mol. The minimum Gasteiger partial charge on any atom is -0.437 e. The van der Waals surface area contributed by atoms with E-state index in [1.807, 2.05) is 0 Å². The van der Waals surface area contributed by atoms with Crippen LogP contribution in [-0.2, 0) is 0 Å². The average Bonchev–Trinajstić information content (AvgIpc) is 2.47. The highest BCUT2D eigenvalue weighted by molar-refractivity contribution is 5.76. The Morgan fingerprint density at radius 1 is 1.16 bits per heavy atom. The largest absolute Gasteiger partial charge is 0.437 e. The van der Waals surface area contributed by atoms with Gasteiger partial charge in [-0.1, -0.05) is 12.1 Å². The number of benzene rings is 1. The van der Waals surface area contributed by atoms with Gasteiger partial charge in [0, 0.05) is 17.8 Å². The summed E-state index contributed by atoms with van der Waals surface area (Å²) in [4.78, 5) is 16.0. The van der Waals surface area contributed by atoms with Crippen LogP contribution in [0.25, 0.3) is 22.4 Å². The topological polar surface area (TPSA) is 66.9 Å². The normalized spacial score (nSPS) is 10.3. The predicted molar refractivity (Wildman–Crippen MR) is 70.4 cm³/mol. The maximum absolute atomic E-state index is 12.0. The van der Waals surface area contributed by atoms with E-state index in [-0.39, 0.29) is 11.1 Å². The minimum atomic E-state index is -0.169. The van der Waals surface area contributed by atoms with E-state index in [1.165, 1.54) is 6.07 Å². The summed E-state index contributed by atoms with van der Waals surface area (Å²) in [6, 6.07) is 13.8. The number of nitrogens with zero attached hydrogens (tertiary/aromatic N) is 2. The third kappa shape index (κ3) is 1.87. The molecule has 0 bridgehead atoms. The molecule has 19 heavy (non-hydrogen) atoms. The van der Waals surface area contributed by atoms with Crippen molar-refractivity contribution in [1.82, 2.24) is 4.98 Å². The fourth-order valence-corrected chi connectivity index (χ4v) is 1.92. The van der Waals surface area contributed by atoms with Crippen molar-refractivity contribution in [2.45, 2.75) is 0 Å². The van der Waals surface area contributed by atoms with Gasteiger partial charge in [-0.2, -0.15) is 5.26 Å². The lowest BCUT2D eigenvalue weighted by Gasteiger charge is -2.03. The number of fused-ring (bicyclic) bond motifs is 1. The maximum Gasteiger partial charge on any atom is 0.230 e. The Bertz CT molecular complexity index is 860. The summed E-state index contributed by atoms with van der Waals surface area (Å²) in [6.45, 7) is 0. The molecule has 3 aromatic rings. The average molecular weight is 248 g/mol. The van der Waals surface area contributed by atoms with Crippen molar-refractivity contribution < 1.29 is 4.42 Å². The Balaban J connectivity index is 2.33. The van der Waals surface area contributed by atoms with Crippen molar-refractivity contribution in [3.8, 4) is 17.4 Å². The first-order valence-corrected chi connectivity index (χ1v) is 5.68. The molecule has 0 unspecified atom stereocenters. The van der Waals surface area contributed by atoms with Gasteiger partial charge >= 0.3 is 0 Å². The van der Waals surface area contributed by atoms with Crippen LogP contribution in [-0.4, -0.2) is 4.98 Å². The molecule has 0 spiro atoms. The monoisotopic (exact) mass is 248 g/mol. The second-order valence-electron chi connectivity index (χ2n) is 3.99. The smallest absolute Gasteiger partial charge is 0.230 e. The molecule has 1 aromatic carbocycles. The Kier molecular flexibility index (Phi) is 2.58. The van der Waals surface area contributed by atoms with E-state index in [2.05, 4.69) is 11.1 Å². The van der Waals surface area contributed by atoms with Gasteiger partial charge in [0.15, 0.2) is 5.43 Å². The fraction of sp³-hybridized carbons (Fsp3) is 0. The summed E-state index contributed by atoms with van der Waals surface area (Å²) < 4.78 is 5.61. The predicted octanol–water partition coefficient (Wildman–Crippen LogP) is 2.73. The molecule has 2 heterocycles. The highest BCUT2D eigenvalue weighted by Crippen LogP contribution is 2.24. The number of nitriles is 1. The van der Waals surface area contributed by atoms with Crippen molar-refractivity contribution in [2.75, 3.05) is 0 Å². The van der Waals surface area contributed by atoms with Gasteiger partial charge < -0.3 is 4.42 Å². The number of pyridine rings is 1. The summed E-state index contributed by atoms with van der Waals surface area (Å²) >= 11 is 0. The van der Waals surface area contributed by atoms with E-state index >= 15 is 0 Å². The summed E-state index contributed by atoms with van der Waals surface area (Å²) in [5, 5.41) is 9.51. The van der Waals surface area contributed by atoms with Crippen molar-refractivity contribution in [1.29, 1.82) is 5.26 Å². The van der Waals surface area contributed by atoms with Crippen molar-refractivity contribution in [2.24, 2.45) is 0 Å². The minimum absolute atomic E-state index is 0.169. The summed E-state index contributed by atoms with van der Waals surface area (Å²) in [5.74, 6) is 0.355. The zero-order chi connectivity index (χ0) is 13.2. The van der Waals surface area contributed by atoms with Crippen LogP contribution >= 0.6 is 0 Å². The number of hydrogen-bond acceptors (Lipinski definition) is 4. The lowest BCUT2D eigenvalue weighted by atomic mass is 10.1. The van der Waals surface area contributed by atoms with Crippen LogP contribution < -0.4 is 5.43 Å². The van der Waals surface area contributed by atoms with Gasteiger partial charge in [-0.25, -0.2) is 4.98 Å². The molecule has 0 aliphatic rings. The molecule has 0 amide bonds. The molecule has 0 fully saturated rings. The third-order valence-corrected chi connectivity index (χ3v) is 2.82. The highest BCUT2D eigenvalue weighted by Gasteiger charge is 2.10. The maximum atomic E-state index is 12.0. The highest BCUT2D eigenvalue weighted by atomic mass is 16.3. The van der Waals surface area contributed by atoms with Crippen LogP contribution in [0.5, 0.6) is 0 Å². The molecule has 4 nitrogen and oxygen atoms in total. The number of aromatic nitrogens is 1. The molecule has 0 saturated heterocycles. The standard InChI is InChI=1S/C15H8N2O2/c16-9-10-4-1-2-5-11(10)14-8-13(18)12-6-3-7-17-15(12)19-14/h1-8H. The summed E-state index contributed by atoms with van der Waals surface area (Å²) in [5.41, 5.74) is 1.16. The van der Waals surface area contributed by atoms with Crippen LogP contribution in [0.15, 0.2) is 57.9 Å². The van der Waals surface area contributed by atoms with Gasteiger partial charge in [0.2, 0.25) is 5.71 Å². The van der Waals surface area contributed by atoms with Crippen molar-refractivity contribution >= 4 is 11.1 Å². The van der Waals surface area contributed by atoms with Crippen LogP contribution in [0.4, 0.5) is 0 Å². The van der Waals surface area contributed by atoms with Crippen molar-refractivity contribution in [3.05, 3.63) is 64.4 Å². The van der Waals surface area contributed by atoms with Crippen LogP contribution in [0.1, 0.15) is 5.56 Å². The number of rotatable bonds is 1. The van der Waals surface area contributed by atoms with E-state index in [0.29, 0.717) is 22.3 Å². The molecule has 4 heteroatoms. The molecular formula is C15H8N2O2. The van der Waals surface area contributed by atoms with E-state index in [1.54, 1.807) is 42.6 Å². The molecule has 90 valence electrons. The first-order chi connectivity index (χ1) is 9.29. The number of hydrogen-bond donors (Lipinski definition) is 0. The van der Waals surface area contributed by atoms with Gasteiger partial charge in [-0.15, -0.1) is 0 Å². The Morgan fingerprint density at radius 2 is 2.00 bits per heavy atom. The quantitative estimate of drug-likeness (QED) is 0.664. The van der Waals surface area contributed by atoms with Crippen LogP contribution in [0, 0.1) is 11.3 Å². The SMILES string of the molecule is N#Cc1ccccc1-c1cc(=O)c2cccnc2o1.